The summed E-state index contributed by atoms with van der Waals surface area (Å²) in [5.74, 6) is 0. The lowest BCUT2D eigenvalue weighted by Gasteiger charge is -2.19. The Bertz CT molecular complexity index is 744. The van der Waals surface area contributed by atoms with Crippen LogP contribution in [0.3, 0.4) is 0 Å². The van der Waals surface area contributed by atoms with Crippen molar-refractivity contribution in [1.82, 2.24) is 0 Å². The maximum atomic E-state index is 2.52. The summed E-state index contributed by atoms with van der Waals surface area (Å²) in [5.41, 5.74) is 7.81. The Morgan fingerprint density at radius 1 is 1.00 bits per heavy atom. The van der Waals surface area contributed by atoms with Gasteiger partial charge < -0.3 is 0 Å². The van der Waals surface area contributed by atoms with Gasteiger partial charge in [-0.15, -0.1) is 0 Å². The normalized spacial score (nSPS) is 17.8. The van der Waals surface area contributed by atoms with Crippen LogP contribution in [0.2, 0.25) is 0 Å². The van der Waals surface area contributed by atoms with Crippen LogP contribution in [0.5, 0.6) is 0 Å². The van der Waals surface area contributed by atoms with Gasteiger partial charge >= 0.3 is 0 Å². The van der Waals surface area contributed by atoms with Crippen LogP contribution in [0.4, 0.5) is 0 Å². The standard InChI is InChI=1S/C19H22N/c1-19(2,3)15-8-10-17-13(11-15)7-9-18-16-6-4-5-14(16)12-20(17)18/h7-11H,4-6,12H2,1-3H3/q+1. The minimum absolute atomic E-state index is 0.220. The van der Waals surface area contributed by atoms with Gasteiger partial charge in [-0.05, 0) is 42.4 Å². The first kappa shape index (κ1) is 12.1. The fourth-order valence-electron chi connectivity index (χ4n) is 3.70. The van der Waals surface area contributed by atoms with Crippen LogP contribution in [-0.4, -0.2) is 0 Å². The molecule has 20 heavy (non-hydrogen) atoms. The van der Waals surface area contributed by atoms with Crippen LogP contribution in [0.15, 0.2) is 35.9 Å². The van der Waals surface area contributed by atoms with Crippen LogP contribution in [0.25, 0.3) is 16.5 Å². The molecule has 1 aromatic heterocycles. The summed E-state index contributed by atoms with van der Waals surface area (Å²) in [6.07, 6.45) is 3.94. The van der Waals surface area contributed by atoms with E-state index in [9.17, 15) is 0 Å². The van der Waals surface area contributed by atoms with Gasteiger partial charge in [-0.3, -0.25) is 0 Å². The van der Waals surface area contributed by atoms with Crippen molar-refractivity contribution in [3.8, 4) is 0 Å². The first-order chi connectivity index (χ1) is 9.54. The third kappa shape index (κ3) is 1.65. The first-order valence-corrected chi connectivity index (χ1v) is 7.72. The molecule has 2 aliphatic rings. The summed E-state index contributed by atoms with van der Waals surface area (Å²) in [4.78, 5) is 0. The van der Waals surface area contributed by atoms with Gasteiger partial charge in [0, 0.05) is 28.7 Å². The first-order valence-electron chi connectivity index (χ1n) is 7.72. The molecular formula is C19H22N+. The second-order valence-corrected chi connectivity index (χ2v) is 7.26. The van der Waals surface area contributed by atoms with Crippen LogP contribution < -0.4 is 4.57 Å². The van der Waals surface area contributed by atoms with E-state index in [1.165, 1.54) is 41.4 Å². The van der Waals surface area contributed by atoms with Crippen molar-refractivity contribution in [2.45, 2.75) is 52.0 Å². The summed E-state index contributed by atoms with van der Waals surface area (Å²) in [6, 6.07) is 11.6. The van der Waals surface area contributed by atoms with Crippen LogP contribution in [-0.2, 0) is 12.0 Å². The maximum absolute atomic E-state index is 2.52. The van der Waals surface area contributed by atoms with Crippen molar-refractivity contribution in [2.24, 2.45) is 0 Å². The molecule has 0 bridgehead atoms. The van der Waals surface area contributed by atoms with Crippen molar-refractivity contribution >= 4 is 16.5 Å². The van der Waals surface area contributed by atoms with Gasteiger partial charge in [0.1, 0.15) is 0 Å². The van der Waals surface area contributed by atoms with E-state index in [1.807, 2.05) is 0 Å². The van der Waals surface area contributed by atoms with Crippen molar-refractivity contribution in [3.63, 3.8) is 0 Å². The average molecular weight is 264 g/mol. The molecule has 0 N–H and O–H groups in total. The molecule has 1 aromatic carbocycles. The number of allylic oxidation sites excluding steroid dienone is 2. The van der Waals surface area contributed by atoms with Gasteiger partial charge in [0.15, 0.2) is 6.54 Å². The van der Waals surface area contributed by atoms with Crippen molar-refractivity contribution < 1.29 is 4.57 Å². The molecule has 102 valence electrons. The number of fused-ring (bicyclic) bond motifs is 4. The van der Waals surface area contributed by atoms with E-state index < -0.39 is 0 Å². The highest BCUT2D eigenvalue weighted by Gasteiger charge is 2.33. The lowest BCUT2D eigenvalue weighted by molar-refractivity contribution is -0.660. The third-order valence-electron chi connectivity index (χ3n) is 4.89. The molecule has 1 nitrogen and oxygen atoms in total. The zero-order valence-corrected chi connectivity index (χ0v) is 12.7. The molecule has 0 saturated heterocycles. The van der Waals surface area contributed by atoms with E-state index in [4.69, 9.17) is 0 Å². The zero-order valence-electron chi connectivity index (χ0n) is 12.7. The van der Waals surface area contributed by atoms with Gasteiger partial charge in [0.05, 0.1) is 0 Å². The highest BCUT2D eigenvalue weighted by molar-refractivity contribution is 5.80. The number of aromatic nitrogens is 1. The van der Waals surface area contributed by atoms with Crippen LogP contribution in [0.1, 0.15) is 51.3 Å². The number of benzene rings is 1. The summed E-state index contributed by atoms with van der Waals surface area (Å²) in [5, 5.41) is 1.38. The van der Waals surface area contributed by atoms with Gasteiger partial charge in [-0.2, -0.15) is 4.57 Å². The predicted octanol–water partition coefficient (Wildman–Crippen LogP) is 4.38. The fourth-order valence-corrected chi connectivity index (χ4v) is 3.70. The van der Waals surface area contributed by atoms with E-state index in [2.05, 4.69) is 55.7 Å². The zero-order chi connectivity index (χ0) is 13.9. The molecule has 0 fully saturated rings. The van der Waals surface area contributed by atoms with Crippen molar-refractivity contribution in [1.29, 1.82) is 0 Å². The minimum Gasteiger partial charge on any atom is -0.188 e. The van der Waals surface area contributed by atoms with E-state index in [-0.39, 0.29) is 5.41 Å². The number of nitrogens with zero attached hydrogens (tertiary/aromatic N) is 1. The molecule has 0 spiro atoms. The Morgan fingerprint density at radius 3 is 2.65 bits per heavy atom. The Labute approximate surface area is 120 Å². The predicted molar refractivity (Wildman–Crippen MR) is 83.6 cm³/mol. The minimum atomic E-state index is 0.220. The average Bonchev–Trinajstić information content (AvgIpc) is 2.97. The molecule has 2 aromatic rings. The largest absolute Gasteiger partial charge is 0.213 e. The molecule has 0 amide bonds. The van der Waals surface area contributed by atoms with Gasteiger partial charge in [-0.1, -0.05) is 26.8 Å². The highest BCUT2D eigenvalue weighted by Crippen LogP contribution is 2.37. The smallest absolute Gasteiger partial charge is 0.188 e. The summed E-state index contributed by atoms with van der Waals surface area (Å²) < 4.78 is 2.52. The molecule has 1 heteroatoms. The Morgan fingerprint density at radius 2 is 1.85 bits per heavy atom. The lowest BCUT2D eigenvalue weighted by atomic mass is 9.86. The third-order valence-corrected chi connectivity index (χ3v) is 4.89. The molecule has 0 saturated carbocycles. The van der Waals surface area contributed by atoms with E-state index in [0.717, 1.165) is 6.54 Å². The summed E-state index contributed by atoms with van der Waals surface area (Å²) >= 11 is 0. The topological polar surface area (TPSA) is 3.88 Å². The molecule has 1 aliphatic heterocycles. The second kappa shape index (κ2) is 3.94. The van der Waals surface area contributed by atoms with E-state index in [1.54, 1.807) is 11.1 Å². The quantitative estimate of drug-likeness (QED) is 0.622. The Kier molecular flexibility index (Phi) is 2.39. The molecule has 0 unspecified atom stereocenters. The van der Waals surface area contributed by atoms with E-state index in [0.29, 0.717) is 0 Å². The van der Waals surface area contributed by atoms with Crippen LogP contribution in [0, 0.1) is 0 Å². The van der Waals surface area contributed by atoms with Gasteiger partial charge in [0.25, 0.3) is 0 Å². The van der Waals surface area contributed by atoms with Gasteiger partial charge in [0.2, 0.25) is 11.2 Å². The maximum Gasteiger partial charge on any atom is 0.213 e. The van der Waals surface area contributed by atoms with Crippen molar-refractivity contribution in [3.05, 3.63) is 47.2 Å². The monoisotopic (exact) mass is 264 g/mol. The second-order valence-electron chi connectivity index (χ2n) is 7.26. The molecular weight excluding hydrogens is 242 g/mol. The Balaban J connectivity index is 1.90. The molecule has 0 atom stereocenters. The lowest BCUT2D eigenvalue weighted by Crippen LogP contribution is -2.35. The number of hydrogen-bond donors (Lipinski definition) is 0. The van der Waals surface area contributed by atoms with Crippen LogP contribution >= 0.6 is 0 Å². The SMILES string of the molecule is CC(C)(C)c1ccc2c(ccc3[n+]2CC2=C3CCC2)c1. The summed E-state index contributed by atoms with van der Waals surface area (Å²) in [7, 11) is 0. The molecule has 2 heterocycles. The number of hydrogen-bond acceptors (Lipinski definition) is 0. The van der Waals surface area contributed by atoms with Crippen molar-refractivity contribution in [2.75, 3.05) is 0 Å². The number of pyridine rings is 1. The summed E-state index contributed by atoms with van der Waals surface area (Å²) in [6.45, 7) is 7.97. The molecule has 1 aliphatic carbocycles. The molecule has 0 radical (unpaired) electrons. The van der Waals surface area contributed by atoms with E-state index >= 15 is 0 Å². The highest BCUT2D eigenvalue weighted by atomic mass is 15.0. The fraction of sp³-hybridized carbons (Fsp3) is 0.421. The molecule has 4 rings (SSSR count). The van der Waals surface area contributed by atoms with Gasteiger partial charge in [-0.25, -0.2) is 0 Å². The Hall–Kier alpha value is -1.63. The number of rotatable bonds is 0.